The molecular formula is C15H28N4O2S. The van der Waals surface area contributed by atoms with Gasteiger partial charge in [0.2, 0.25) is 10.0 Å². The van der Waals surface area contributed by atoms with Crippen LogP contribution in [0.1, 0.15) is 60.4 Å². The fraction of sp³-hybridized carbons (Fsp3) is 0.800. The standard InChI is InChI=1S/C15H28N4O2S/c1-11(2)19-10-13(9-16-19)22(20,21)17-12-7-14(3,4)18-15(5,6)8-12/h9-12,17-18H,7-8H2,1-6H3. The van der Waals surface area contributed by atoms with E-state index in [1.54, 1.807) is 10.9 Å². The molecule has 1 saturated heterocycles. The Bertz CT molecular complexity index is 616. The normalized spacial score (nSPS) is 22.1. The van der Waals surface area contributed by atoms with Crippen LogP contribution in [-0.4, -0.2) is 35.3 Å². The third kappa shape index (κ3) is 4.08. The second-order valence-corrected chi connectivity index (χ2v) is 9.58. The number of sulfonamides is 1. The summed E-state index contributed by atoms with van der Waals surface area (Å²) >= 11 is 0. The summed E-state index contributed by atoms with van der Waals surface area (Å²) in [5.74, 6) is 0. The maximum atomic E-state index is 12.6. The number of hydrogen-bond donors (Lipinski definition) is 2. The van der Waals surface area contributed by atoms with Crippen molar-refractivity contribution in [2.45, 2.75) is 82.4 Å². The Kier molecular flexibility index (Phi) is 4.45. The van der Waals surface area contributed by atoms with Gasteiger partial charge in [-0.3, -0.25) is 4.68 Å². The molecule has 0 aromatic carbocycles. The van der Waals surface area contributed by atoms with Crippen LogP contribution in [0.5, 0.6) is 0 Å². The van der Waals surface area contributed by atoms with Crippen molar-refractivity contribution in [1.82, 2.24) is 19.8 Å². The quantitative estimate of drug-likeness (QED) is 0.887. The fourth-order valence-electron chi connectivity index (χ4n) is 3.43. The Morgan fingerprint density at radius 1 is 1.27 bits per heavy atom. The van der Waals surface area contributed by atoms with Crippen LogP contribution in [0, 0.1) is 0 Å². The lowest BCUT2D eigenvalue weighted by atomic mass is 9.80. The van der Waals surface area contributed by atoms with Crippen LogP contribution < -0.4 is 10.0 Å². The van der Waals surface area contributed by atoms with E-state index in [0.29, 0.717) is 0 Å². The maximum absolute atomic E-state index is 12.6. The molecule has 2 rings (SSSR count). The summed E-state index contributed by atoms with van der Waals surface area (Å²) in [6, 6.07) is 0.0550. The van der Waals surface area contributed by atoms with Gasteiger partial charge in [0.05, 0.1) is 6.20 Å². The Hall–Kier alpha value is -0.920. The molecule has 0 saturated carbocycles. The summed E-state index contributed by atoms with van der Waals surface area (Å²) in [6.45, 7) is 12.3. The Balaban J connectivity index is 2.17. The number of hydrogen-bond acceptors (Lipinski definition) is 4. The van der Waals surface area contributed by atoms with Crippen molar-refractivity contribution in [1.29, 1.82) is 0 Å². The molecule has 6 nitrogen and oxygen atoms in total. The van der Waals surface area contributed by atoms with Gasteiger partial charge in [-0.1, -0.05) is 0 Å². The van der Waals surface area contributed by atoms with E-state index >= 15 is 0 Å². The third-order valence-corrected chi connectivity index (χ3v) is 5.40. The second-order valence-electron chi connectivity index (χ2n) is 7.87. The maximum Gasteiger partial charge on any atom is 0.243 e. The predicted molar refractivity (Wildman–Crippen MR) is 87.2 cm³/mol. The number of rotatable bonds is 4. The lowest BCUT2D eigenvalue weighted by molar-refractivity contribution is 0.157. The molecule has 22 heavy (non-hydrogen) atoms. The lowest BCUT2D eigenvalue weighted by Gasteiger charge is -2.46. The van der Waals surface area contributed by atoms with Gasteiger partial charge in [0, 0.05) is 29.4 Å². The van der Waals surface area contributed by atoms with Gasteiger partial charge in [-0.05, 0) is 54.4 Å². The lowest BCUT2D eigenvalue weighted by Crippen LogP contribution is -2.62. The first-order valence-electron chi connectivity index (χ1n) is 7.76. The Morgan fingerprint density at radius 3 is 2.27 bits per heavy atom. The minimum atomic E-state index is -3.53. The summed E-state index contributed by atoms with van der Waals surface area (Å²) < 4.78 is 29.7. The van der Waals surface area contributed by atoms with Gasteiger partial charge in [-0.2, -0.15) is 5.10 Å². The largest absolute Gasteiger partial charge is 0.307 e. The van der Waals surface area contributed by atoms with Crippen molar-refractivity contribution >= 4 is 10.0 Å². The number of nitrogens with zero attached hydrogens (tertiary/aromatic N) is 2. The smallest absolute Gasteiger partial charge is 0.243 e. The topological polar surface area (TPSA) is 76.0 Å². The van der Waals surface area contributed by atoms with E-state index in [9.17, 15) is 8.42 Å². The van der Waals surface area contributed by atoms with E-state index in [-0.39, 0.29) is 28.1 Å². The van der Waals surface area contributed by atoms with E-state index in [1.807, 2.05) is 13.8 Å². The zero-order chi connectivity index (χ0) is 16.8. The van der Waals surface area contributed by atoms with E-state index in [0.717, 1.165) is 12.8 Å². The van der Waals surface area contributed by atoms with Gasteiger partial charge in [0.25, 0.3) is 0 Å². The van der Waals surface area contributed by atoms with Gasteiger partial charge in [0.1, 0.15) is 4.90 Å². The highest BCUT2D eigenvalue weighted by Gasteiger charge is 2.39. The molecule has 1 aliphatic rings. The molecule has 0 radical (unpaired) electrons. The first-order chi connectivity index (χ1) is 9.90. The second kappa shape index (κ2) is 5.62. The monoisotopic (exact) mass is 328 g/mol. The predicted octanol–water partition coefficient (Wildman–Crippen LogP) is 2.05. The summed E-state index contributed by atoms with van der Waals surface area (Å²) in [5, 5.41) is 7.67. The molecule has 1 fully saturated rings. The summed E-state index contributed by atoms with van der Waals surface area (Å²) in [4.78, 5) is 0.232. The van der Waals surface area contributed by atoms with Crippen LogP contribution in [0.25, 0.3) is 0 Å². The minimum Gasteiger partial charge on any atom is -0.307 e. The van der Waals surface area contributed by atoms with E-state index in [4.69, 9.17) is 0 Å². The Labute approximate surface area is 133 Å². The summed E-state index contributed by atoms with van der Waals surface area (Å²) in [7, 11) is -3.53. The molecule has 1 aliphatic heterocycles. The highest BCUT2D eigenvalue weighted by molar-refractivity contribution is 7.89. The molecule has 2 heterocycles. The van der Waals surface area contributed by atoms with Gasteiger partial charge < -0.3 is 5.32 Å². The zero-order valence-corrected chi connectivity index (χ0v) is 15.2. The molecule has 1 aromatic rings. The van der Waals surface area contributed by atoms with Crippen LogP contribution in [0.2, 0.25) is 0 Å². The van der Waals surface area contributed by atoms with Crippen molar-refractivity contribution in [3.8, 4) is 0 Å². The number of aromatic nitrogens is 2. The Morgan fingerprint density at radius 2 is 1.82 bits per heavy atom. The minimum absolute atomic E-state index is 0.0846. The van der Waals surface area contributed by atoms with E-state index in [2.05, 4.69) is 42.8 Å². The molecular weight excluding hydrogens is 300 g/mol. The average molecular weight is 328 g/mol. The molecule has 0 aliphatic carbocycles. The van der Waals surface area contributed by atoms with Crippen molar-refractivity contribution < 1.29 is 8.42 Å². The molecule has 0 bridgehead atoms. The van der Waals surface area contributed by atoms with Crippen molar-refractivity contribution in [3.05, 3.63) is 12.4 Å². The van der Waals surface area contributed by atoms with Crippen molar-refractivity contribution in [2.24, 2.45) is 0 Å². The van der Waals surface area contributed by atoms with E-state index < -0.39 is 10.0 Å². The third-order valence-electron chi connectivity index (χ3n) is 3.93. The molecule has 2 N–H and O–H groups in total. The molecule has 0 amide bonds. The number of piperidine rings is 1. The van der Waals surface area contributed by atoms with Crippen LogP contribution in [0.3, 0.4) is 0 Å². The summed E-state index contributed by atoms with van der Waals surface area (Å²) in [6.07, 6.45) is 4.52. The van der Waals surface area contributed by atoms with Gasteiger partial charge >= 0.3 is 0 Å². The fourth-order valence-corrected chi connectivity index (χ4v) is 4.61. The molecule has 1 aromatic heterocycles. The molecule has 0 unspecified atom stereocenters. The zero-order valence-electron chi connectivity index (χ0n) is 14.3. The van der Waals surface area contributed by atoms with Crippen LogP contribution in [0.15, 0.2) is 17.3 Å². The molecule has 126 valence electrons. The van der Waals surface area contributed by atoms with Crippen LogP contribution in [-0.2, 0) is 10.0 Å². The highest BCUT2D eigenvalue weighted by Crippen LogP contribution is 2.29. The number of nitrogens with one attached hydrogen (secondary N) is 2. The molecule has 0 atom stereocenters. The average Bonchev–Trinajstić information content (AvgIpc) is 2.72. The van der Waals surface area contributed by atoms with Gasteiger partial charge in [-0.15, -0.1) is 0 Å². The SMILES string of the molecule is CC(C)n1cc(S(=O)(=O)NC2CC(C)(C)NC(C)(C)C2)cn1. The first kappa shape index (κ1) is 17.4. The summed E-state index contributed by atoms with van der Waals surface area (Å²) in [5.41, 5.74) is -0.200. The highest BCUT2D eigenvalue weighted by atomic mass is 32.2. The van der Waals surface area contributed by atoms with Gasteiger partial charge in [0.15, 0.2) is 0 Å². The van der Waals surface area contributed by atoms with Crippen LogP contribution in [0.4, 0.5) is 0 Å². The van der Waals surface area contributed by atoms with Crippen LogP contribution >= 0.6 is 0 Å². The van der Waals surface area contributed by atoms with E-state index in [1.165, 1.54) is 6.20 Å². The van der Waals surface area contributed by atoms with Crippen molar-refractivity contribution in [2.75, 3.05) is 0 Å². The molecule has 0 spiro atoms. The first-order valence-corrected chi connectivity index (χ1v) is 9.24. The molecule has 7 heteroatoms. The van der Waals surface area contributed by atoms with Crippen molar-refractivity contribution in [3.63, 3.8) is 0 Å². The van der Waals surface area contributed by atoms with Gasteiger partial charge in [-0.25, -0.2) is 13.1 Å².